The van der Waals surface area contributed by atoms with Crippen LogP contribution in [0.2, 0.25) is 0 Å². The second-order valence-corrected chi connectivity index (χ2v) is 3.76. The van der Waals surface area contributed by atoms with Gasteiger partial charge in [-0.2, -0.15) is 0 Å². The third-order valence-corrected chi connectivity index (χ3v) is 2.36. The van der Waals surface area contributed by atoms with Gasteiger partial charge in [0.1, 0.15) is 0 Å². The number of pyridine rings is 1. The Morgan fingerprint density at radius 1 is 1.40 bits per heavy atom. The largest absolute Gasteiger partial charge is 0.381 e. The average Bonchev–Trinajstić information content (AvgIpc) is 2.18. The van der Waals surface area contributed by atoms with E-state index in [1.807, 2.05) is 38.9 Å². The van der Waals surface area contributed by atoms with Crippen molar-refractivity contribution in [1.29, 1.82) is 0 Å². The van der Waals surface area contributed by atoms with Crippen molar-refractivity contribution >= 4 is 11.9 Å². The fourth-order valence-electron chi connectivity index (χ4n) is 1.31. The SMILES string of the molecule is CC(=C(C=O)c1cncc(C)c1)N(C)C. The van der Waals surface area contributed by atoms with Crippen molar-refractivity contribution in [3.05, 3.63) is 35.3 Å². The molecule has 1 heterocycles. The van der Waals surface area contributed by atoms with E-state index in [1.165, 1.54) is 0 Å². The van der Waals surface area contributed by atoms with Crippen LogP contribution < -0.4 is 0 Å². The number of hydrogen-bond donors (Lipinski definition) is 0. The van der Waals surface area contributed by atoms with Gasteiger partial charge in [-0.1, -0.05) is 0 Å². The summed E-state index contributed by atoms with van der Waals surface area (Å²) < 4.78 is 0. The van der Waals surface area contributed by atoms with E-state index in [-0.39, 0.29) is 0 Å². The van der Waals surface area contributed by atoms with Crippen LogP contribution in [0.1, 0.15) is 18.1 Å². The van der Waals surface area contributed by atoms with E-state index in [9.17, 15) is 4.79 Å². The van der Waals surface area contributed by atoms with Gasteiger partial charge in [0.25, 0.3) is 0 Å². The molecule has 1 aromatic heterocycles. The zero-order valence-corrected chi connectivity index (χ0v) is 9.61. The van der Waals surface area contributed by atoms with Gasteiger partial charge in [0.05, 0.1) is 0 Å². The Labute approximate surface area is 90.4 Å². The summed E-state index contributed by atoms with van der Waals surface area (Å²) in [4.78, 5) is 17.1. The molecule has 3 heteroatoms. The lowest BCUT2D eigenvalue weighted by Gasteiger charge is -2.15. The Kier molecular flexibility index (Phi) is 3.61. The highest BCUT2D eigenvalue weighted by molar-refractivity contribution is 6.07. The van der Waals surface area contributed by atoms with E-state index in [1.54, 1.807) is 12.4 Å². The standard InChI is InChI=1S/C12H16N2O/c1-9-5-11(7-13-6-9)12(8-15)10(2)14(3)4/h5-8H,1-4H3. The number of rotatable bonds is 3. The van der Waals surface area contributed by atoms with Crippen LogP contribution in [0.5, 0.6) is 0 Å². The number of aryl methyl sites for hydroxylation is 1. The summed E-state index contributed by atoms with van der Waals surface area (Å²) in [6.45, 7) is 3.88. The summed E-state index contributed by atoms with van der Waals surface area (Å²) in [7, 11) is 3.84. The molecule has 0 aliphatic carbocycles. The molecule has 0 aliphatic heterocycles. The molecule has 0 N–H and O–H groups in total. The summed E-state index contributed by atoms with van der Waals surface area (Å²) >= 11 is 0. The summed E-state index contributed by atoms with van der Waals surface area (Å²) in [6.07, 6.45) is 4.37. The molecule has 0 saturated carbocycles. The molecule has 0 atom stereocenters. The minimum absolute atomic E-state index is 0.691. The van der Waals surface area contributed by atoms with Crippen LogP contribution in [-0.4, -0.2) is 30.3 Å². The third kappa shape index (κ3) is 2.65. The lowest BCUT2D eigenvalue weighted by atomic mass is 10.1. The van der Waals surface area contributed by atoms with Crippen LogP contribution in [0.25, 0.3) is 5.57 Å². The molecule has 3 nitrogen and oxygen atoms in total. The Hall–Kier alpha value is -1.64. The molecule has 0 amide bonds. The molecular weight excluding hydrogens is 188 g/mol. The first-order valence-electron chi connectivity index (χ1n) is 4.81. The quantitative estimate of drug-likeness (QED) is 0.556. The van der Waals surface area contributed by atoms with Crippen molar-refractivity contribution in [2.24, 2.45) is 0 Å². The Morgan fingerprint density at radius 2 is 2.07 bits per heavy atom. The topological polar surface area (TPSA) is 33.2 Å². The molecule has 0 spiro atoms. The molecule has 0 aromatic carbocycles. The summed E-state index contributed by atoms with van der Waals surface area (Å²) in [6, 6.07) is 1.96. The smallest absolute Gasteiger partial charge is 0.152 e. The molecule has 0 saturated heterocycles. The van der Waals surface area contributed by atoms with Crippen LogP contribution in [0.4, 0.5) is 0 Å². The maximum atomic E-state index is 11.1. The summed E-state index contributed by atoms with van der Waals surface area (Å²) in [5.74, 6) is 0. The number of aldehydes is 1. The third-order valence-electron chi connectivity index (χ3n) is 2.36. The summed E-state index contributed by atoms with van der Waals surface area (Å²) in [5.41, 5.74) is 3.56. The predicted molar refractivity (Wildman–Crippen MR) is 61.3 cm³/mol. The summed E-state index contributed by atoms with van der Waals surface area (Å²) in [5, 5.41) is 0. The molecule has 15 heavy (non-hydrogen) atoms. The molecule has 0 unspecified atom stereocenters. The second-order valence-electron chi connectivity index (χ2n) is 3.76. The van der Waals surface area contributed by atoms with E-state index < -0.39 is 0 Å². The van der Waals surface area contributed by atoms with Gasteiger partial charge in [-0.25, -0.2) is 0 Å². The first-order valence-corrected chi connectivity index (χ1v) is 4.81. The maximum Gasteiger partial charge on any atom is 0.152 e. The molecule has 0 aliphatic rings. The van der Waals surface area contributed by atoms with Crippen molar-refractivity contribution in [3.63, 3.8) is 0 Å². The fraction of sp³-hybridized carbons (Fsp3) is 0.333. The molecule has 1 aromatic rings. The van der Waals surface area contributed by atoms with Gasteiger partial charge in [-0.15, -0.1) is 0 Å². The van der Waals surface area contributed by atoms with E-state index in [4.69, 9.17) is 0 Å². The monoisotopic (exact) mass is 204 g/mol. The van der Waals surface area contributed by atoms with Crippen molar-refractivity contribution < 1.29 is 4.79 Å². The van der Waals surface area contributed by atoms with E-state index in [0.717, 1.165) is 23.1 Å². The first-order chi connectivity index (χ1) is 7.06. The van der Waals surface area contributed by atoms with Gasteiger partial charge in [-0.3, -0.25) is 9.78 Å². The van der Waals surface area contributed by atoms with E-state index in [2.05, 4.69) is 4.98 Å². The number of carbonyl (C=O) groups excluding carboxylic acids is 1. The van der Waals surface area contributed by atoms with Gasteiger partial charge in [0.15, 0.2) is 6.29 Å². The Bertz CT molecular complexity index is 394. The van der Waals surface area contributed by atoms with Crippen molar-refractivity contribution in [3.8, 4) is 0 Å². The average molecular weight is 204 g/mol. The lowest BCUT2D eigenvalue weighted by Crippen LogP contribution is -2.11. The van der Waals surface area contributed by atoms with Crippen molar-refractivity contribution in [2.45, 2.75) is 13.8 Å². The van der Waals surface area contributed by atoms with Gasteiger partial charge >= 0.3 is 0 Å². The van der Waals surface area contributed by atoms with Gasteiger partial charge < -0.3 is 4.90 Å². The number of aromatic nitrogens is 1. The highest BCUT2D eigenvalue weighted by Crippen LogP contribution is 2.17. The number of hydrogen-bond acceptors (Lipinski definition) is 3. The van der Waals surface area contributed by atoms with E-state index >= 15 is 0 Å². The molecule has 80 valence electrons. The first kappa shape index (κ1) is 11.4. The number of nitrogens with zero attached hydrogens (tertiary/aromatic N) is 2. The number of allylic oxidation sites excluding steroid dienone is 2. The zero-order chi connectivity index (χ0) is 11.4. The van der Waals surface area contributed by atoms with Crippen molar-refractivity contribution in [1.82, 2.24) is 9.88 Å². The van der Waals surface area contributed by atoms with Gasteiger partial charge in [0.2, 0.25) is 0 Å². The minimum atomic E-state index is 0.691. The van der Waals surface area contributed by atoms with Crippen LogP contribution in [-0.2, 0) is 4.79 Å². The highest BCUT2D eigenvalue weighted by Gasteiger charge is 2.06. The van der Waals surface area contributed by atoms with E-state index in [0.29, 0.717) is 5.57 Å². The molecule has 0 radical (unpaired) electrons. The lowest BCUT2D eigenvalue weighted by molar-refractivity contribution is -0.103. The fourth-order valence-corrected chi connectivity index (χ4v) is 1.31. The van der Waals surface area contributed by atoms with Crippen LogP contribution in [0, 0.1) is 6.92 Å². The highest BCUT2D eigenvalue weighted by atomic mass is 16.1. The molecule has 0 bridgehead atoms. The second kappa shape index (κ2) is 4.73. The van der Waals surface area contributed by atoms with Gasteiger partial charge in [0, 0.05) is 43.3 Å². The van der Waals surface area contributed by atoms with Crippen LogP contribution >= 0.6 is 0 Å². The maximum absolute atomic E-state index is 11.1. The Morgan fingerprint density at radius 3 is 2.53 bits per heavy atom. The molecule has 0 fully saturated rings. The minimum Gasteiger partial charge on any atom is -0.381 e. The Balaban J connectivity index is 3.24. The zero-order valence-electron chi connectivity index (χ0n) is 9.61. The molecular formula is C12H16N2O. The van der Waals surface area contributed by atoms with Crippen LogP contribution in [0.15, 0.2) is 24.2 Å². The number of carbonyl (C=O) groups is 1. The normalized spacial score (nSPS) is 12.0. The van der Waals surface area contributed by atoms with Crippen molar-refractivity contribution in [2.75, 3.05) is 14.1 Å². The van der Waals surface area contributed by atoms with Crippen LogP contribution in [0.3, 0.4) is 0 Å². The molecule has 1 rings (SSSR count). The predicted octanol–water partition coefficient (Wildman–Crippen LogP) is 1.88. The van der Waals surface area contributed by atoms with Gasteiger partial charge in [-0.05, 0) is 25.5 Å².